The number of hydrogen-bond donors (Lipinski definition) is 1. The van der Waals surface area contributed by atoms with Crippen LogP contribution in [0.3, 0.4) is 0 Å². The fourth-order valence-corrected chi connectivity index (χ4v) is 3.47. The van der Waals surface area contributed by atoms with Crippen molar-refractivity contribution in [1.29, 1.82) is 0 Å². The number of carbonyl (C=O) groups is 2. The van der Waals surface area contributed by atoms with Crippen LogP contribution in [0.4, 0.5) is 0 Å². The maximum Gasteiger partial charge on any atom is 0.326 e. The molecule has 1 aliphatic heterocycles. The Morgan fingerprint density at radius 1 is 1.45 bits per heavy atom. The van der Waals surface area contributed by atoms with Crippen LogP contribution in [0.2, 0.25) is 5.02 Å². The number of hydrogen-bond acceptors (Lipinski definition) is 3. The molecule has 0 bridgehead atoms. The first-order valence-electron chi connectivity index (χ1n) is 7.12. The molecule has 0 fully saturated rings. The van der Waals surface area contributed by atoms with Crippen molar-refractivity contribution in [3.63, 3.8) is 0 Å². The number of carboxylic acid groups (broad SMARTS) is 1. The van der Waals surface area contributed by atoms with E-state index < -0.39 is 17.4 Å². The summed E-state index contributed by atoms with van der Waals surface area (Å²) in [5, 5.41) is 10.1. The largest absolute Gasteiger partial charge is 0.480 e. The highest BCUT2D eigenvalue weighted by Crippen LogP contribution is 2.41. The molecule has 0 radical (unpaired) electrons. The van der Waals surface area contributed by atoms with Gasteiger partial charge in [-0.25, -0.2) is 4.79 Å². The molecule has 116 valence electrons. The summed E-state index contributed by atoms with van der Waals surface area (Å²) in [6.07, 6.45) is 3.97. The van der Waals surface area contributed by atoms with Gasteiger partial charge in [-0.15, -0.1) is 0 Å². The number of aliphatic carboxylic acids is 1. The lowest BCUT2D eigenvalue weighted by molar-refractivity contribution is -0.153. The van der Waals surface area contributed by atoms with E-state index in [-0.39, 0.29) is 12.5 Å². The second-order valence-electron chi connectivity index (χ2n) is 6.77. The van der Waals surface area contributed by atoms with Gasteiger partial charge in [0.1, 0.15) is 6.04 Å². The van der Waals surface area contributed by atoms with Crippen LogP contribution >= 0.6 is 11.6 Å². The topological polar surface area (TPSA) is 70.5 Å². The third-order valence-electron chi connectivity index (χ3n) is 4.17. The van der Waals surface area contributed by atoms with Crippen LogP contribution < -0.4 is 0 Å². The van der Waals surface area contributed by atoms with Crippen LogP contribution in [0.1, 0.15) is 37.6 Å². The van der Waals surface area contributed by atoms with E-state index in [2.05, 4.69) is 4.98 Å². The molecule has 0 unspecified atom stereocenters. The minimum absolute atomic E-state index is 0.202. The van der Waals surface area contributed by atoms with E-state index in [4.69, 9.17) is 11.6 Å². The molecule has 1 aromatic rings. The zero-order valence-electron chi connectivity index (χ0n) is 12.7. The Kier molecular flexibility index (Phi) is 3.29. The minimum Gasteiger partial charge on any atom is -0.480 e. The maximum absolute atomic E-state index is 12.8. The summed E-state index contributed by atoms with van der Waals surface area (Å²) in [4.78, 5) is 30.2. The number of rotatable bonds is 2. The van der Waals surface area contributed by atoms with Gasteiger partial charge in [0.2, 0.25) is 0 Å². The van der Waals surface area contributed by atoms with E-state index in [1.165, 1.54) is 4.90 Å². The first kappa shape index (κ1) is 15.0. The summed E-state index contributed by atoms with van der Waals surface area (Å²) in [7, 11) is 0. The van der Waals surface area contributed by atoms with Gasteiger partial charge in [0.25, 0.3) is 5.91 Å². The molecule has 1 amide bonds. The molecule has 0 saturated heterocycles. The van der Waals surface area contributed by atoms with Gasteiger partial charge >= 0.3 is 5.97 Å². The summed E-state index contributed by atoms with van der Waals surface area (Å²) in [6, 6.07) is -0.915. The van der Waals surface area contributed by atoms with E-state index in [1.807, 2.05) is 26.8 Å². The van der Waals surface area contributed by atoms with Crippen molar-refractivity contribution < 1.29 is 14.7 Å². The third kappa shape index (κ3) is 2.11. The second kappa shape index (κ2) is 4.81. The number of allylic oxidation sites excluding steroid dienone is 1. The summed E-state index contributed by atoms with van der Waals surface area (Å²) in [6.45, 7) is 5.65. The van der Waals surface area contributed by atoms with Gasteiger partial charge in [-0.3, -0.25) is 9.78 Å². The van der Waals surface area contributed by atoms with Crippen LogP contribution in [-0.2, 0) is 22.6 Å². The lowest BCUT2D eigenvalue weighted by Crippen LogP contribution is -2.53. The van der Waals surface area contributed by atoms with Gasteiger partial charge in [-0.2, -0.15) is 0 Å². The molecule has 1 aliphatic carbocycles. The van der Waals surface area contributed by atoms with E-state index >= 15 is 0 Å². The second-order valence-corrected chi connectivity index (χ2v) is 7.18. The molecule has 1 N–H and O–H groups in total. The molecule has 0 spiro atoms. The molecule has 1 atom stereocenters. The number of carbonyl (C=O) groups excluding carboxylic acids is 1. The highest BCUT2D eigenvalue weighted by atomic mass is 35.5. The molecule has 5 nitrogen and oxygen atoms in total. The SMILES string of the molecule is CC(C)(C)[C@H](C(=O)O)N1Cc2c(Cl)cnc3c2C(=CC3)C1=O. The van der Waals surface area contributed by atoms with E-state index in [1.54, 1.807) is 6.20 Å². The lowest BCUT2D eigenvalue weighted by Gasteiger charge is -2.40. The van der Waals surface area contributed by atoms with Crippen molar-refractivity contribution in [2.75, 3.05) is 0 Å². The molecule has 0 aromatic carbocycles. The van der Waals surface area contributed by atoms with Gasteiger partial charge in [-0.05, 0) is 5.41 Å². The molecule has 6 heteroatoms. The lowest BCUT2D eigenvalue weighted by atomic mass is 9.83. The predicted octanol–water partition coefficient (Wildman–Crippen LogP) is 2.52. The third-order valence-corrected chi connectivity index (χ3v) is 4.49. The van der Waals surface area contributed by atoms with Crippen molar-refractivity contribution in [3.05, 3.63) is 34.1 Å². The normalized spacial score (nSPS) is 18.1. The number of aromatic nitrogens is 1. The van der Waals surface area contributed by atoms with Gasteiger partial charge < -0.3 is 10.0 Å². The number of nitrogens with zero attached hydrogens (tertiary/aromatic N) is 2. The predicted molar refractivity (Wildman–Crippen MR) is 82.4 cm³/mol. The average molecular weight is 321 g/mol. The van der Waals surface area contributed by atoms with Crippen molar-refractivity contribution in [1.82, 2.24) is 9.88 Å². The van der Waals surface area contributed by atoms with E-state index in [9.17, 15) is 14.7 Å². The standard InChI is InChI=1S/C16H17ClN2O3/c1-16(2,3)13(15(21)22)19-7-9-10(17)6-18-11-5-4-8(12(9)11)14(19)20/h4,6,13H,5,7H2,1-3H3,(H,21,22)/t13-/m0/s1. The number of amides is 1. The molecular formula is C16H17ClN2O3. The van der Waals surface area contributed by atoms with E-state index in [0.29, 0.717) is 17.0 Å². The van der Waals surface area contributed by atoms with Gasteiger partial charge in [-0.1, -0.05) is 38.4 Å². The van der Waals surface area contributed by atoms with Crippen LogP contribution in [0.25, 0.3) is 5.57 Å². The van der Waals surface area contributed by atoms with Crippen molar-refractivity contribution in [2.24, 2.45) is 5.41 Å². The van der Waals surface area contributed by atoms with Crippen molar-refractivity contribution in [2.45, 2.75) is 39.8 Å². The molecule has 2 aliphatic rings. The van der Waals surface area contributed by atoms with Gasteiger partial charge in [0, 0.05) is 35.9 Å². The Balaban J connectivity index is 2.13. The Bertz CT molecular complexity index is 719. The molecule has 22 heavy (non-hydrogen) atoms. The zero-order valence-corrected chi connectivity index (χ0v) is 13.4. The molecule has 3 rings (SSSR count). The Morgan fingerprint density at radius 3 is 2.73 bits per heavy atom. The number of halogens is 1. The summed E-state index contributed by atoms with van der Waals surface area (Å²) >= 11 is 6.24. The first-order valence-corrected chi connectivity index (χ1v) is 7.50. The monoisotopic (exact) mass is 320 g/mol. The average Bonchev–Trinajstić information content (AvgIpc) is 2.81. The van der Waals surface area contributed by atoms with Crippen LogP contribution in [0.15, 0.2) is 12.3 Å². The summed E-state index contributed by atoms with van der Waals surface area (Å²) in [5.74, 6) is -1.26. The van der Waals surface area contributed by atoms with Crippen LogP contribution in [-0.4, -0.2) is 32.9 Å². The fourth-order valence-electron chi connectivity index (χ4n) is 3.27. The highest BCUT2D eigenvalue weighted by Gasteiger charge is 2.44. The quantitative estimate of drug-likeness (QED) is 0.909. The van der Waals surface area contributed by atoms with E-state index in [0.717, 1.165) is 16.8 Å². The number of pyridine rings is 1. The van der Waals surface area contributed by atoms with Crippen molar-refractivity contribution >= 4 is 29.1 Å². The Hall–Kier alpha value is -1.88. The van der Waals surface area contributed by atoms with Crippen LogP contribution in [0, 0.1) is 5.41 Å². The minimum atomic E-state index is -1.01. The Labute approximate surface area is 133 Å². The number of carboxylic acids is 1. The van der Waals surface area contributed by atoms with Gasteiger partial charge in [0.15, 0.2) is 0 Å². The van der Waals surface area contributed by atoms with Crippen LogP contribution in [0.5, 0.6) is 0 Å². The Morgan fingerprint density at radius 2 is 2.14 bits per heavy atom. The van der Waals surface area contributed by atoms with Gasteiger partial charge in [0.05, 0.1) is 10.7 Å². The summed E-state index contributed by atoms with van der Waals surface area (Å²) < 4.78 is 0. The van der Waals surface area contributed by atoms with Crippen molar-refractivity contribution in [3.8, 4) is 0 Å². The zero-order chi connectivity index (χ0) is 16.2. The summed E-state index contributed by atoms with van der Waals surface area (Å²) in [5.41, 5.74) is 2.38. The fraction of sp³-hybridized carbons (Fsp3) is 0.438. The highest BCUT2D eigenvalue weighted by molar-refractivity contribution is 6.32. The molecule has 2 heterocycles. The molecule has 0 saturated carbocycles. The molecule has 1 aromatic heterocycles. The smallest absolute Gasteiger partial charge is 0.326 e. The maximum atomic E-state index is 12.8. The first-order chi connectivity index (χ1) is 10.2. The molecular weight excluding hydrogens is 304 g/mol.